The molecule has 4 aromatic rings. The van der Waals surface area contributed by atoms with Gasteiger partial charge < -0.3 is 14.9 Å². The van der Waals surface area contributed by atoms with Crippen molar-refractivity contribution in [3.8, 4) is 23.0 Å². The number of pyridine rings is 1. The Balaban J connectivity index is 1.37. The summed E-state index contributed by atoms with van der Waals surface area (Å²) in [7, 11) is 0. The number of nitrogens with one attached hydrogen (secondary N) is 1. The number of phenols is 1. The van der Waals surface area contributed by atoms with Crippen molar-refractivity contribution in [2.75, 3.05) is 37.8 Å². The maximum absolute atomic E-state index is 16.6. The number of aromatic nitrogens is 3. The van der Waals surface area contributed by atoms with Crippen LogP contribution in [0.25, 0.3) is 32.9 Å². The number of aromatic hydroxyl groups is 1. The molecular formula is C31H33F3N6O3. The summed E-state index contributed by atoms with van der Waals surface area (Å²) in [6.45, 7) is 3.81. The summed E-state index contributed by atoms with van der Waals surface area (Å²) in [6, 6.07) is 5.68. The van der Waals surface area contributed by atoms with Crippen molar-refractivity contribution in [2.24, 2.45) is 0 Å². The average molecular weight is 595 g/mol. The molecule has 0 unspecified atom stereocenters. The normalized spacial score (nSPS) is 24.3. The number of rotatable bonds is 6. The molecule has 226 valence electrons. The van der Waals surface area contributed by atoms with Gasteiger partial charge >= 0.3 is 6.01 Å². The zero-order valence-electron chi connectivity index (χ0n) is 23.8. The van der Waals surface area contributed by atoms with Gasteiger partial charge in [-0.15, -0.1) is 0 Å². The summed E-state index contributed by atoms with van der Waals surface area (Å²) >= 11 is 0. The molecule has 3 aliphatic heterocycles. The smallest absolute Gasteiger partial charge is 0.319 e. The number of anilines is 1. The Labute approximate surface area is 246 Å². The minimum Gasteiger partial charge on any atom is -0.508 e. The van der Waals surface area contributed by atoms with Gasteiger partial charge in [-0.3, -0.25) is 14.9 Å². The van der Waals surface area contributed by atoms with Crippen LogP contribution >= 0.6 is 0 Å². The summed E-state index contributed by atoms with van der Waals surface area (Å²) in [6.07, 6.45) is 2.87. The average Bonchev–Trinajstić information content (AvgIpc) is 3.51. The number of aliphatic hydroxyl groups is 1. The molecular weight excluding hydrogens is 561 g/mol. The first-order valence-electron chi connectivity index (χ1n) is 14.8. The standard InChI is InChI=1S/C31H33F3N6O3/c1-2-21-24(33)5-4-17-10-20(42)11-22(25(17)21)27-26(34)28-23(13-35-27)29(40-15-19(41)6-8-36-40)38-30(37-28)43-16-31-7-3-9-39(31)14-18(32)12-31/h4-5,10-11,13,18-19,36,41-42H,2-3,6-9,12,14-16H2,1H3/t18-,19-,31+/m1/s1. The molecule has 0 aliphatic carbocycles. The van der Waals surface area contributed by atoms with E-state index in [1.165, 1.54) is 24.4 Å². The number of phenolic OH excluding ortho intramolecular Hbond substituents is 1. The van der Waals surface area contributed by atoms with Crippen LogP contribution in [-0.4, -0.2) is 80.7 Å². The molecule has 0 saturated carbocycles. The molecule has 3 saturated heterocycles. The van der Waals surface area contributed by atoms with E-state index in [2.05, 4.69) is 25.3 Å². The van der Waals surface area contributed by atoms with Crippen LogP contribution in [0, 0.1) is 11.6 Å². The van der Waals surface area contributed by atoms with Crippen molar-refractivity contribution in [1.82, 2.24) is 25.3 Å². The first-order chi connectivity index (χ1) is 20.8. The van der Waals surface area contributed by atoms with Crippen molar-refractivity contribution >= 4 is 27.5 Å². The Morgan fingerprint density at radius 1 is 1.19 bits per heavy atom. The number of fused-ring (bicyclic) bond motifs is 3. The number of alkyl halides is 1. The van der Waals surface area contributed by atoms with Gasteiger partial charge in [-0.1, -0.05) is 13.0 Å². The molecule has 2 aromatic carbocycles. The molecule has 3 fully saturated rings. The van der Waals surface area contributed by atoms with Gasteiger partial charge in [0.1, 0.15) is 35.6 Å². The van der Waals surface area contributed by atoms with Crippen molar-refractivity contribution in [3.63, 3.8) is 0 Å². The number of hydrazine groups is 1. The molecule has 12 heteroatoms. The lowest BCUT2D eigenvalue weighted by atomic mass is 9.94. The summed E-state index contributed by atoms with van der Waals surface area (Å²) in [5.41, 5.74) is 3.17. The molecule has 0 spiro atoms. The lowest BCUT2D eigenvalue weighted by molar-refractivity contribution is 0.107. The van der Waals surface area contributed by atoms with Gasteiger partial charge in [-0.25, -0.2) is 18.6 Å². The van der Waals surface area contributed by atoms with Gasteiger partial charge in [0.2, 0.25) is 0 Å². The fourth-order valence-corrected chi connectivity index (χ4v) is 7.05. The van der Waals surface area contributed by atoms with E-state index in [0.29, 0.717) is 48.7 Å². The lowest BCUT2D eigenvalue weighted by Crippen LogP contribution is -2.50. The molecule has 2 aromatic heterocycles. The molecule has 3 aliphatic rings. The van der Waals surface area contributed by atoms with Gasteiger partial charge in [-0.2, -0.15) is 9.97 Å². The Morgan fingerprint density at radius 3 is 2.86 bits per heavy atom. The van der Waals surface area contributed by atoms with Crippen LogP contribution in [0.5, 0.6) is 11.8 Å². The number of aryl methyl sites for hydroxylation is 1. The molecule has 0 amide bonds. The van der Waals surface area contributed by atoms with Crippen LogP contribution in [-0.2, 0) is 6.42 Å². The highest BCUT2D eigenvalue weighted by Gasteiger charge is 2.49. The summed E-state index contributed by atoms with van der Waals surface area (Å²) < 4.78 is 52.0. The predicted molar refractivity (Wildman–Crippen MR) is 156 cm³/mol. The van der Waals surface area contributed by atoms with E-state index in [0.717, 1.165) is 19.4 Å². The fraction of sp³-hybridized carbons (Fsp3) is 0.452. The SMILES string of the molecule is CCc1c(F)ccc2cc(O)cc(-c3ncc4c(N5C[C@H](O)CCN5)nc(OC[C@@]56CCCN5C[C@H](F)C6)nc4c3F)c12. The van der Waals surface area contributed by atoms with E-state index in [9.17, 15) is 19.0 Å². The second-order valence-electron chi connectivity index (χ2n) is 11.8. The van der Waals surface area contributed by atoms with Crippen molar-refractivity contribution in [3.05, 3.63) is 47.7 Å². The third-order valence-electron chi connectivity index (χ3n) is 9.07. The highest BCUT2D eigenvalue weighted by atomic mass is 19.1. The summed E-state index contributed by atoms with van der Waals surface area (Å²) in [5, 5.41) is 23.8. The highest BCUT2D eigenvalue weighted by molar-refractivity contribution is 6.01. The molecule has 0 radical (unpaired) electrons. The van der Waals surface area contributed by atoms with Gasteiger partial charge in [-0.05, 0) is 66.8 Å². The van der Waals surface area contributed by atoms with Crippen LogP contribution < -0.4 is 15.2 Å². The van der Waals surface area contributed by atoms with Crippen molar-refractivity contribution in [2.45, 2.75) is 56.8 Å². The number of benzene rings is 2. The van der Waals surface area contributed by atoms with E-state index in [4.69, 9.17) is 4.74 Å². The van der Waals surface area contributed by atoms with E-state index in [1.54, 1.807) is 11.1 Å². The summed E-state index contributed by atoms with van der Waals surface area (Å²) in [4.78, 5) is 15.6. The molecule has 3 atom stereocenters. The summed E-state index contributed by atoms with van der Waals surface area (Å²) in [5.74, 6) is -1.04. The zero-order valence-corrected chi connectivity index (χ0v) is 23.8. The van der Waals surface area contributed by atoms with E-state index >= 15 is 4.39 Å². The number of hydrogen-bond acceptors (Lipinski definition) is 9. The van der Waals surface area contributed by atoms with Gasteiger partial charge in [0.05, 0.1) is 23.6 Å². The second-order valence-corrected chi connectivity index (χ2v) is 11.8. The van der Waals surface area contributed by atoms with Crippen LogP contribution in [0.4, 0.5) is 19.0 Å². The number of nitrogens with zero attached hydrogens (tertiary/aromatic N) is 5. The Morgan fingerprint density at radius 2 is 2.05 bits per heavy atom. The first kappa shape index (κ1) is 28.1. The molecule has 0 bridgehead atoms. The first-order valence-corrected chi connectivity index (χ1v) is 14.8. The number of ether oxygens (including phenoxy) is 1. The van der Waals surface area contributed by atoms with Crippen molar-refractivity contribution < 1.29 is 28.1 Å². The molecule has 43 heavy (non-hydrogen) atoms. The van der Waals surface area contributed by atoms with Crippen LogP contribution in [0.2, 0.25) is 0 Å². The number of halogens is 3. The second kappa shape index (κ2) is 10.8. The maximum Gasteiger partial charge on any atom is 0.319 e. The lowest BCUT2D eigenvalue weighted by Gasteiger charge is -2.33. The van der Waals surface area contributed by atoms with Gasteiger partial charge in [0.15, 0.2) is 11.6 Å². The van der Waals surface area contributed by atoms with Gasteiger partial charge in [0, 0.05) is 31.3 Å². The monoisotopic (exact) mass is 594 g/mol. The molecule has 9 nitrogen and oxygen atoms in total. The van der Waals surface area contributed by atoms with Crippen LogP contribution in [0.3, 0.4) is 0 Å². The topological polar surface area (TPSA) is 107 Å². The van der Waals surface area contributed by atoms with Crippen molar-refractivity contribution in [1.29, 1.82) is 0 Å². The molecule has 7 rings (SSSR count). The van der Waals surface area contributed by atoms with Crippen LogP contribution in [0.15, 0.2) is 30.5 Å². The fourth-order valence-electron chi connectivity index (χ4n) is 7.05. The quantitative estimate of drug-likeness (QED) is 0.299. The van der Waals surface area contributed by atoms with Gasteiger partial charge in [0.25, 0.3) is 0 Å². The van der Waals surface area contributed by atoms with Crippen LogP contribution in [0.1, 0.15) is 38.2 Å². The molecule has 5 heterocycles. The third kappa shape index (κ3) is 4.81. The number of hydrogen-bond donors (Lipinski definition) is 3. The predicted octanol–water partition coefficient (Wildman–Crippen LogP) is 4.42. The third-order valence-corrected chi connectivity index (χ3v) is 9.07. The highest BCUT2D eigenvalue weighted by Crippen LogP contribution is 2.41. The number of β-amino-alcohol motifs (C(OH)–C–C–N with tert-alkyl or cyclic N) is 1. The van der Waals surface area contributed by atoms with E-state index < -0.39 is 29.4 Å². The van der Waals surface area contributed by atoms with E-state index in [-0.39, 0.29) is 52.9 Å². The number of aliphatic hydroxyl groups excluding tert-OH is 1. The maximum atomic E-state index is 16.6. The largest absolute Gasteiger partial charge is 0.508 e. The Kier molecular flexibility index (Phi) is 7.02. The Bertz CT molecular complexity index is 1720. The minimum atomic E-state index is -0.933. The van der Waals surface area contributed by atoms with E-state index in [1.807, 2.05) is 6.92 Å². The molecule has 3 N–H and O–H groups in total. The Hall–Kier alpha value is -3.74. The minimum absolute atomic E-state index is 0.0756. The zero-order chi connectivity index (χ0) is 29.9.